The van der Waals surface area contributed by atoms with Gasteiger partial charge in [0.25, 0.3) is 5.91 Å². The van der Waals surface area contributed by atoms with E-state index in [1.807, 2.05) is 19.2 Å². The van der Waals surface area contributed by atoms with E-state index in [1.54, 1.807) is 15.5 Å². The first-order valence-electron chi connectivity index (χ1n) is 12.3. The van der Waals surface area contributed by atoms with Gasteiger partial charge in [-0.25, -0.2) is 17.9 Å². The Labute approximate surface area is 221 Å². The quantitative estimate of drug-likeness (QED) is 0.493. The van der Waals surface area contributed by atoms with E-state index in [4.69, 9.17) is 28.1 Å². The van der Waals surface area contributed by atoms with Crippen molar-refractivity contribution in [2.75, 3.05) is 35.5 Å². The minimum atomic E-state index is -3.58. The molecule has 2 aromatic heterocycles. The lowest BCUT2D eigenvalue weighted by molar-refractivity contribution is 0.0607. The second-order valence-corrected chi connectivity index (χ2v) is 12.0. The van der Waals surface area contributed by atoms with Crippen LogP contribution in [0.5, 0.6) is 0 Å². The third kappa shape index (κ3) is 5.24. The van der Waals surface area contributed by atoms with Gasteiger partial charge >= 0.3 is 0 Å². The SMILES string of the molecule is C#CC1CCN(c2nc3cc(C4CCCCN4C(=O)c4cc(Cl)ccc4NS(C)(=O)=O)nn3cc2C)C1. The van der Waals surface area contributed by atoms with Gasteiger partial charge in [-0.1, -0.05) is 11.6 Å². The number of aromatic nitrogens is 3. The molecule has 1 N–H and O–H groups in total. The highest BCUT2D eigenvalue weighted by molar-refractivity contribution is 7.92. The van der Waals surface area contributed by atoms with Gasteiger partial charge in [-0.3, -0.25) is 9.52 Å². The average molecular weight is 541 g/mol. The zero-order valence-corrected chi connectivity index (χ0v) is 22.4. The first kappa shape index (κ1) is 25.4. The molecule has 37 heavy (non-hydrogen) atoms. The number of anilines is 2. The third-order valence-corrected chi connectivity index (χ3v) is 7.79. The van der Waals surface area contributed by atoms with Crippen LogP contribution in [-0.2, 0) is 10.0 Å². The van der Waals surface area contributed by atoms with Gasteiger partial charge in [-0.05, 0) is 50.8 Å². The molecule has 0 aliphatic carbocycles. The molecule has 5 rings (SSSR count). The number of carbonyl (C=O) groups excluding carboxylic acids is 1. The molecule has 2 aliphatic rings. The maximum atomic E-state index is 13.8. The number of halogens is 1. The Kier molecular flexibility index (Phi) is 6.77. The molecule has 0 saturated carbocycles. The summed E-state index contributed by atoms with van der Waals surface area (Å²) in [6.07, 6.45) is 12.1. The summed E-state index contributed by atoms with van der Waals surface area (Å²) in [7, 11) is -3.58. The zero-order chi connectivity index (χ0) is 26.3. The first-order chi connectivity index (χ1) is 17.6. The molecule has 3 aromatic rings. The number of sulfonamides is 1. The van der Waals surface area contributed by atoms with Crippen LogP contribution in [0.15, 0.2) is 30.5 Å². The minimum Gasteiger partial charge on any atom is -0.355 e. The maximum absolute atomic E-state index is 13.8. The van der Waals surface area contributed by atoms with Crippen molar-refractivity contribution < 1.29 is 13.2 Å². The molecule has 2 fully saturated rings. The van der Waals surface area contributed by atoms with Crippen LogP contribution in [0.3, 0.4) is 0 Å². The number of piperidine rings is 1. The molecule has 1 amide bonds. The summed E-state index contributed by atoms with van der Waals surface area (Å²) in [5, 5.41) is 5.15. The van der Waals surface area contributed by atoms with E-state index in [-0.39, 0.29) is 29.1 Å². The largest absolute Gasteiger partial charge is 0.355 e. The summed E-state index contributed by atoms with van der Waals surface area (Å²) in [6, 6.07) is 6.23. The van der Waals surface area contributed by atoms with Crippen LogP contribution in [0, 0.1) is 25.2 Å². The average Bonchev–Trinajstić information content (AvgIpc) is 3.50. The number of nitrogens with one attached hydrogen (secondary N) is 1. The number of amides is 1. The Hall–Kier alpha value is -3.29. The Morgan fingerprint density at radius 2 is 2.03 bits per heavy atom. The molecular weight excluding hydrogens is 512 g/mol. The van der Waals surface area contributed by atoms with Crippen molar-refractivity contribution in [2.24, 2.45) is 5.92 Å². The van der Waals surface area contributed by atoms with Crippen molar-refractivity contribution in [1.82, 2.24) is 19.5 Å². The van der Waals surface area contributed by atoms with E-state index in [1.165, 1.54) is 12.1 Å². The molecule has 2 unspecified atom stereocenters. The molecular formula is C26H29ClN6O3S. The fourth-order valence-electron chi connectivity index (χ4n) is 5.21. The number of hydrogen-bond donors (Lipinski definition) is 1. The summed E-state index contributed by atoms with van der Waals surface area (Å²) >= 11 is 6.19. The predicted molar refractivity (Wildman–Crippen MR) is 144 cm³/mol. The lowest BCUT2D eigenvalue weighted by Gasteiger charge is -2.35. The summed E-state index contributed by atoms with van der Waals surface area (Å²) in [4.78, 5) is 22.6. The lowest BCUT2D eigenvalue weighted by Crippen LogP contribution is -2.39. The van der Waals surface area contributed by atoms with E-state index < -0.39 is 10.0 Å². The molecule has 4 heterocycles. The van der Waals surface area contributed by atoms with Crippen molar-refractivity contribution in [2.45, 2.75) is 38.6 Å². The Morgan fingerprint density at radius 3 is 2.76 bits per heavy atom. The van der Waals surface area contributed by atoms with E-state index in [9.17, 15) is 13.2 Å². The van der Waals surface area contributed by atoms with E-state index in [0.29, 0.717) is 17.2 Å². The summed E-state index contributed by atoms with van der Waals surface area (Å²) in [5.74, 6) is 3.69. The number of rotatable bonds is 5. The first-order valence-corrected chi connectivity index (χ1v) is 14.6. The van der Waals surface area contributed by atoms with Crippen molar-refractivity contribution >= 4 is 44.7 Å². The number of terminal acetylenes is 1. The minimum absolute atomic E-state index is 0.203. The molecule has 2 aliphatic heterocycles. The smallest absolute Gasteiger partial charge is 0.256 e. The van der Waals surface area contributed by atoms with Crippen molar-refractivity contribution in [3.63, 3.8) is 0 Å². The molecule has 0 bridgehead atoms. The van der Waals surface area contributed by atoms with E-state index in [0.717, 1.165) is 62.1 Å². The third-order valence-electron chi connectivity index (χ3n) is 6.96. The monoisotopic (exact) mass is 540 g/mol. The summed E-state index contributed by atoms with van der Waals surface area (Å²) < 4.78 is 28.0. The van der Waals surface area contributed by atoms with Crippen LogP contribution < -0.4 is 9.62 Å². The van der Waals surface area contributed by atoms with Gasteiger partial charge in [-0.15, -0.1) is 12.3 Å². The number of hydrogen-bond acceptors (Lipinski definition) is 6. The standard InChI is InChI=1S/C26H29ClN6O3S/c1-4-18-10-12-31(16-18)25-17(2)15-33-24(28-25)14-22(29-33)23-7-5-6-11-32(23)26(34)20-13-19(27)8-9-21(20)30-37(3,35)36/h1,8-9,13-15,18,23,30H,5-7,10-12,16H2,2-3H3. The summed E-state index contributed by atoms with van der Waals surface area (Å²) in [6.45, 7) is 4.20. The molecule has 1 aromatic carbocycles. The molecule has 0 spiro atoms. The molecule has 194 valence electrons. The highest BCUT2D eigenvalue weighted by atomic mass is 35.5. The summed E-state index contributed by atoms with van der Waals surface area (Å²) in [5.41, 5.74) is 2.88. The Balaban J connectivity index is 1.48. The predicted octanol–water partition coefficient (Wildman–Crippen LogP) is 3.89. The molecule has 2 atom stereocenters. The topological polar surface area (TPSA) is 99.9 Å². The van der Waals surface area contributed by atoms with Gasteiger partial charge in [-0.2, -0.15) is 5.10 Å². The number of nitrogens with zero attached hydrogens (tertiary/aromatic N) is 5. The fourth-order valence-corrected chi connectivity index (χ4v) is 5.96. The van der Waals surface area contributed by atoms with Crippen LogP contribution in [0.4, 0.5) is 11.5 Å². The molecule has 2 saturated heterocycles. The van der Waals surface area contributed by atoms with E-state index in [2.05, 4.69) is 15.5 Å². The van der Waals surface area contributed by atoms with Gasteiger partial charge in [0.1, 0.15) is 5.82 Å². The second-order valence-electron chi connectivity index (χ2n) is 9.79. The van der Waals surface area contributed by atoms with Gasteiger partial charge in [0.15, 0.2) is 5.65 Å². The number of fused-ring (bicyclic) bond motifs is 1. The van der Waals surface area contributed by atoms with Crippen molar-refractivity contribution in [1.29, 1.82) is 0 Å². The molecule has 0 radical (unpaired) electrons. The van der Waals surface area contributed by atoms with Gasteiger partial charge in [0, 0.05) is 48.4 Å². The lowest BCUT2D eigenvalue weighted by atomic mass is 9.98. The Bertz CT molecular complexity index is 1510. The van der Waals surface area contributed by atoms with E-state index >= 15 is 0 Å². The van der Waals surface area contributed by atoms with Crippen LogP contribution in [0.2, 0.25) is 5.02 Å². The number of benzene rings is 1. The highest BCUT2D eigenvalue weighted by Gasteiger charge is 2.32. The normalized spacial score (nSPS) is 20.3. The van der Waals surface area contributed by atoms with Gasteiger partial charge in [0.05, 0.1) is 29.2 Å². The van der Waals surface area contributed by atoms with Gasteiger partial charge < -0.3 is 9.80 Å². The van der Waals surface area contributed by atoms with Gasteiger partial charge in [0.2, 0.25) is 10.0 Å². The zero-order valence-electron chi connectivity index (χ0n) is 20.8. The second kappa shape index (κ2) is 9.88. The number of likely N-dealkylation sites (tertiary alicyclic amines) is 1. The molecule has 9 nitrogen and oxygen atoms in total. The maximum Gasteiger partial charge on any atom is 0.256 e. The van der Waals surface area contributed by atoms with Crippen LogP contribution >= 0.6 is 11.6 Å². The van der Waals surface area contributed by atoms with Crippen LogP contribution in [0.25, 0.3) is 5.65 Å². The Morgan fingerprint density at radius 1 is 1.22 bits per heavy atom. The number of carbonyl (C=O) groups is 1. The van der Waals surface area contributed by atoms with Crippen molar-refractivity contribution in [3.05, 3.63) is 52.3 Å². The fraction of sp³-hybridized carbons (Fsp3) is 0.423. The van der Waals surface area contributed by atoms with Crippen LogP contribution in [-0.4, -0.2) is 59.7 Å². The van der Waals surface area contributed by atoms with Crippen LogP contribution in [0.1, 0.15) is 53.3 Å². The number of aryl methyl sites for hydroxylation is 1. The molecule has 11 heteroatoms. The highest BCUT2D eigenvalue weighted by Crippen LogP contribution is 2.34. The van der Waals surface area contributed by atoms with Crippen molar-refractivity contribution in [3.8, 4) is 12.3 Å².